The predicted octanol–water partition coefficient (Wildman–Crippen LogP) is 0.360. The summed E-state index contributed by atoms with van der Waals surface area (Å²) in [6.45, 7) is 2.47. The van der Waals surface area contributed by atoms with Gasteiger partial charge < -0.3 is 14.9 Å². The lowest BCUT2D eigenvalue weighted by Crippen LogP contribution is -2.35. The summed E-state index contributed by atoms with van der Waals surface area (Å²) in [4.78, 5) is 0. The van der Waals surface area contributed by atoms with E-state index in [0.29, 0.717) is 18.9 Å². The fourth-order valence-electron chi connectivity index (χ4n) is 1.84. The number of ether oxygens (including phenoxy) is 1. The van der Waals surface area contributed by atoms with Crippen LogP contribution in [0.5, 0.6) is 0 Å². The van der Waals surface area contributed by atoms with Crippen molar-refractivity contribution in [1.29, 1.82) is 0 Å². The molecular weight excluding hydrogens is 144 g/mol. The molecule has 0 unspecified atom stereocenters. The summed E-state index contributed by atoms with van der Waals surface area (Å²) in [5.74, 6) is -1.21. The average Bonchev–Trinajstić information content (AvgIpc) is 2.07. The van der Waals surface area contributed by atoms with E-state index in [2.05, 4.69) is 0 Å². The number of hydrogen-bond acceptors (Lipinski definition) is 3. The second-order valence-electron chi connectivity index (χ2n) is 3.58. The average molecular weight is 160 g/mol. The summed E-state index contributed by atoms with van der Waals surface area (Å²) in [5.41, 5.74) is 0. The molecule has 0 aromatic rings. The predicted molar refractivity (Wildman–Crippen MR) is 40.9 cm³/mol. The SMILES string of the molecule is COC[C@H]1C[C@@H](C)CC1(O)O. The van der Waals surface area contributed by atoms with Gasteiger partial charge in [-0.25, -0.2) is 0 Å². The van der Waals surface area contributed by atoms with Crippen LogP contribution >= 0.6 is 0 Å². The third-order valence-corrected chi connectivity index (χ3v) is 2.36. The summed E-state index contributed by atoms with van der Waals surface area (Å²) in [6.07, 6.45) is 1.32. The second-order valence-corrected chi connectivity index (χ2v) is 3.58. The van der Waals surface area contributed by atoms with Crippen molar-refractivity contribution in [2.24, 2.45) is 11.8 Å². The lowest BCUT2D eigenvalue weighted by Gasteiger charge is -2.22. The first kappa shape index (κ1) is 8.97. The minimum absolute atomic E-state index is 0.109. The van der Waals surface area contributed by atoms with E-state index >= 15 is 0 Å². The first-order valence-electron chi connectivity index (χ1n) is 4.00. The normalized spacial score (nSPS) is 36.0. The van der Waals surface area contributed by atoms with Gasteiger partial charge in [0, 0.05) is 19.4 Å². The highest BCUT2D eigenvalue weighted by Crippen LogP contribution is 2.37. The van der Waals surface area contributed by atoms with Crippen LogP contribution in [0.25, 0.3) is 0 Å². The zero-order valence-electron chi connectivity index (χ0n) is 7.08. The number of rotatable bonds is 2. The number of aliphatic hydroxyl groups is 2. The maximum absolute atomic E-state index is 9.43. The molecule has 0 aromatic carbocycles. The molecule has 1 aliphatic carbocycles. The highest BCUT2D eigenvalue weighted by atomic mass is 16.5. The Balaban J connectivity index is 2.51. The lowest BCUT2D eigenvalue weighted by atomic mass is 10.0. The maximum atomic E-state index is 9.43. The zero-order valence-corrected chi connectivity index (χ0v) is 7.08. The van der Waals surface area contributed by atoms with Gasteiger partial charge in [0.2, 0.25) is 0 Å². The van der Waals surface area contributed by atoms with Crippen LogP contribution in [0.15, 0.2) is 0 Å². The van der Waals surface area contributed by atoms with Crippen LogP contribution in [0.2, 0.25) is 0 Å². The van der Waals surface area contributed by atoms with Gasteiger partial charge in [-0.05, 0) is 12.3 Å². The summed E-state index contributed by atoms with van der Waals surface area (Å²) in [7, 11) is 1.58. The van der Waals surface area contributed by atoms with E-state index in [9.17, 15) is 10.2 Å². The van der Waals surface area contributed by atoms with Crippen molar-refractivity contribution < 1.29 is 14.9 Å². The second kappa shape index (κ2) is 3.09. The molecule has 0 heterocycles. The number of methoxy groups -OCH3 is 1. The highest BCUT2D eigenvalue weighted by molar-refractivity contribution is 4.86. The minimum atomic E-state index is -1.49. The van der Waals surface area contributed by atoms with Crippen molar-refractivity contribution in [3.8, 4) is 0 Å². The zero-order chi connectivity index (χ0) is 8.48. The Kier molecular flexibility index (Phi) is 2.52. The van der Waals surface area contributed by atoms with Gasteiger partial charge in [0.05, 0.1) is 6.61 Å². The van der Waals surface area contributed by atoms with Crippen molar-refractivity contribution in [2.75, 3.05) is 13.7 Å². The molecule has 11 heavy (non-hydrogen) atoms. The third kappa shape index (κ3) is 1.92. The van der Waals surface area contributed by atoms with Gasteiger partial charge in [-0.1, -0.05) is 6.92 Å². The Morgan fingerprint density at radius 1 is 1.55 bits per heavy atom. The van der Waals surface area contributed by atoms with E-state index in [1.807, 2.05) is 6.92 Å². The molecule has 0 spiro atoms. The fourth-order valence-corrected chi connectivity index (χ4v) is 1.84. The molecule has 3 heteroatoms. The van der Waals surface area contributed by atoms with E-state index in [1.54, 1.807) is 7.11 Å². The van der Waals surface area contributed by atoms with Gasteiger partial charge in [0.15, 0.2) is 5.79 Å². The van der Waals surface area contributed by atoms with E-state index in [-0.39, 0.29) is 5.92 Å². The first-order valence-corrected chi connectivity index (χ1v) is 4.00. The molecule has 1 fully saturated rings. The van der Waals surface area contributed by atoms with Crippen molar-refractivity contribution in [3.63, 3.8) is 0 Å². The Hall–Kier alpha value is -0.120. The van der Waals surface area contributed by atoms with Crippen LogP contribution < -0.4 is 0 Å². The monoisotopic (exact) mass is 160 g/mol. The maximum Gasteiger partial charge on any atom is 0.167 e. The van der Waals surface area contributed by atoms with Gasteiger partial charge in [0.1, 0.15) is 0 Å². The molecular formula is C8H16O3. The van der Waals surface area contributed by atoms with Crippen LogP contribution in [0.3, 0.4) is 0 Å². The van der Waals surface area contributed by atoms with Gasteiger partial charge in [-0.15, -0.1) is 0 Å². The Morgan fingerprint density at radius 3 is 2.55 bits per heavy atom. The Labute approximate surface area is 67.0 Å². The van der Waals surface area contributed by atoms with E-state index in [1.165, 1.54) is 0 Å². The van der Waals surface area contributed by atoms with Gasteiger partial charge in [-0.2, -0.15) is 0 Å². The molecule has 0 amide bonds. The van der Waals surface area contributed by atoms with Crippen LogP contribution in [-0.2, 0) is 4.74 Å². The largest absolute Gasteiger partial charge is 0.384 e. The fraction of sp³-hybridized carbons (Fsp3) is 1.00. The number of hydrogen-bond donors (Lipinski definition) is 2. The molecule has 1 rings (SSSR count). The molecule has 66 valence electrons. The Morgan fingerprint density at radius 2 is 2.18 bits per heavy atom. The molecule has 3 nitrogen and oxygen atoms in total. The minimum Gasteiger partial charge on any atom is -0.384 e. The summed E-state index contributed by atoms with van der Waals surface area (Å²) in [6, 6.07) is 0. The quantitative estimate of drug-likeness (QED) is 0.573. The molecule has 0 aromatic heterocycles. The Bertz CT molecular complexity index is 133. The van der Waals surface area contributed by atoms with Crippen LogP contribution in [-0.4, -0.2) is 29.7 Å². The van der Waals surface area contributed by atoms with Gasteiger partial charge >= 0.3 is 0 Å². The standard InChI is InChI=1S/C8H16O3/c1-6-3-7(5-11-2)8(9,10)4-6/h6-7,9-10H,3-5H2,1-2H3/t6-,7-/m1/s1. The molecule has 0 radical (unpaired) electrons. The van der Waals surface area contributed by atoms with Crippen LogP contribution in [0, 0.1) is 11.8 Å². The smallest absolute Gasteiger partial charge is 0.167 e. The van der Waals surface area contributed by atoms with Crippen molar-refractivity contribution in [3.05, 3.63) is 0 Å². The molecule has 2 N–H and O–H groups in total. The van der Waals surface area contributed by atoms with E-state index in [0.717, 1.165) is 6.42 Å². The van der Waals surface area contributed by atoms with Crippen LogP contribution in [0.1, 0.15) is 19.8 Å². The topological polar surface area (TPSA) is 49.7 Å². The molecule has 2 atom stereocenters. The molecule has 0 aliphatic heterocycles. The van der Waals surface area contributed by atoms with Gasteiger partial charge in [0.25, 0.3) is 0 Å². The van der Waals surface area contributed by atoms with E-state index in [4.69, 9.17) is 4.74 Å². The molecule has 1 saturated carbocycles. The van der Waals surface area contributed by atoms with Gasteiger partial charge in [-0.3, -0.25) is 0 Å². The molecule has 0 bridgehead atoms. The highest BCUT2D eigenvalue weighted by Gasteiger charge is 2.42. The summed E-state index contributed by atoms with van der Waals surface area (Å²) >= 11 is 0. The van der Waals surface area contributed by atoms with E-state index < -0.39 is 5.79 Å². The third-order valence-electron chi connectivity index (χ3n) is 2.36. The van der Waals surface area contributed by atoms with Crippen molar-refractivity contribution in [2.45, 2.75) is 25.6 Å². The molecule has 0 saturated heterocycles. The lowest BCUT2D eigenvalue weighted by molar-refractivity contribution is -0.194. The molecule has 1 aliphatic rings. The van der Waals surface area contributed by atoms with Crippen LogP contribution in [0.4, 0.5) is 0 Å². The first-order chi connectivity index (χ1) is 5.06. The summed E-state index contributed by atoms with van der Waals surface area (Å²) < 4.78 is 4.89. The van der Waals surface area contributed by atoms with Crippen molar-refractivity contribution in [1.82, 2.24) is 0 Å². The summed E-state index contributed by atoms with van der Waals surface area (Å²) in [5, 5.41) is 18.9. The van der Waals surface area contributed by atoms with Crippen molar-refractivity contribution >= 4 is 0 Å².